The Morgan fingerprint density at radius 2 is 2.00 bits per heavy atom. The fraction of sp³-hybridized carbons (Fsp3) is 0.500. The number of nitrogens with zero attached hydrogens (tertiary/aromatic N) is 1. The summed E-state index contributed by atoms with van der Waals surface area (Å²) < 4.78 is 1.83. The number of rotatable bonds is 2. The van der Waals surface area contributed by atoms with Gasteiger partial charge in [-0.1, -0.05) is 17.7 Å². The molecule has 0 radical (unpaired) electrons. The van der Waals surface area contributed by atoms with Gasteiger partial charge in [-0.3, -0.25) is 9.69 Å². The van der Waals surface area contributed by atoms with E-state index in [1.54, 1.807) is 0 Å². The first-order valence-electron chi connectivity index (χ1n) is 8.20. The van der Waals surface area contributed by atoms with Gasteiger partial charge in [0, 0.05) is 21.8 Å². The van der Waals surface area contributed by atoms with E-state index in [9.17, 15) is 4.79 Å². The molecule has 5 rings (SSSR count). The Balaban J connectivity index is 0.00000169. The molecule has 24 heavy (non-hydrogen) atoms. The van der Waals surface area contributed by atoms with Crippen molar-refractivity contribution in [3.8, 4) is 0 Å². The average Bonchev–Trinajstić information content (AvgIpc) is 2.90. The van der Waals surface area contributed by atoms with E-state index in [1.165, 1.54) is 24.2 Å². The lowest BCUT2D eigenvalue weighted by Crippen LogP contribution is -2.69. The quantitative estimate of drug-likeness (QED) is 0.821. The third-order valence-electron chi connectivity index (χ3n) is 5.63. The molecule has 3 saturated heterocycles. The largest absolute Gasteiger partial charge is 0.347 e. The van der Waals surface area contributed by atoms with E-state index in [1.807, 2.05) is 24.3 Å². The first-order valence-corrected chi connectivity index (χ1v) is 9.39. The number of benzene rings is 1. The Morgan fingerprint density at radius 3 is 2.67 bits per heavy atom. The summed E-state index contributed by atoms with van der Waals surface area (Å²) in [4.78, 5) is 15.3. The highest BCUT2D eigenvalue weighted by atomic mass is 35.5. The molecule has 6 heteroatoms. The summed E-state index contributed by atoms with van der Waals surface area (Å²) in [5.41, 5.74) is 0.760. The maximum absolute atomic E-state index is 12.8. The Kier molecular flexibility index (Phi) is 4.86. The summed E-state index contributed by atoms with van der Waals surface area (Å²) in [6.07, 6.45) is 2.38. The molecule has 1 atom stereocenters. The highest BCUT2D eigenvalue weighted by Gasteiger charge is 2.48. The molecule has 1 amide bonds. The van der Waals surface area contributed by atoms with Gasteiger partial charge in [0.2, 0.25) is 0 Å². The van der Waals surface area contributed by atoms with E-state index < -0.39 is 0 Å². The predicted molar refractivity (Wildman–Crippen MR) is 104 cm³/mol. The SMILES string of the molecule is CC1(C)C(NC(=O)c2ccc3cc(Cl)sc3c2)C2CCN1CC2.Cl. The molecule has 1 aromatic carbocycles. The molecular formula is C18H22Cl2N2OS. The summed E-state index contributed by atoms with van der Waals surface area (Å²) in [6, 6.07) is 8.00. The van der Waals surface area contributed by atoms with Crippen LogP contribution in [0.1, 0.15) is 37.0 Å². The molecule has 2 aromatic rings. The maximum Gasteiger partial charge on any atom is 0.251 e. The number of carbonyl (C=O) groups is 1. The monoisotopic (exact) mass is 384 g/mol. The van der Waals surface area contributed by atoms with Crippen molar-refractivity contribution in [1.82, 2.24) is 10.2 Å². The minimum Gasteiger partial charge on any atom is -0.347 e. The van der Waals surface area contributed by atoms with Crippen LogP contribution >= 0.6 is 35.3 Å². The molecule has 1 unspecified atom stereocenters. The number of amides is 1. The van der Waals surface area contributed by atoms with Crippen LogP contribution < -0.4 is 5.32 Å². The lowest BCUT2D eigenvalue weighted by molar-refractivity contribution is -0.0378. The number of fused-ring (bicyclic) bond motifs is 4. The smallest absolute Gasteiger partial charge is 0.251 e. The lowest BCUT2D eigenvalue weighted by atomic mass is 9.72. The van der Waals surface area contributed by atoms with Gasteiger partial charge in [0.25, 0.3) is 5.91 Å². The van der Waals surface area contributed by atoms with Crippen molar-refractivity contribution < 1.29 is 4.79 Å². The van der Waals surface area contributed by atoms with Gasteiger partial charge in [-0.15, -0.1) is 23.7 Å². The Labute approximate surface area is 157 Å². The van der Waals surface area contributed by atoms with Gasteiger partial charge in [-0.2, -0.15) is 0 Å². The van der Waals surface area contributed by atoms with Gasteiger partial charge in [0.15, 0.2) is 0 Å². The van der Waals surface area contributed by atoms with Crippen molar-refractivity contribution in [1.29, 1.82) is 0 Å². The standard InChI is InChI=1S/C18H21ClN2OS.ClH/c1-18(2)16(11-5-7-21(18)8-6-11)20-17(22)13-4-3-12-10-15(19)23-14(12)9-13;/h3-4,9-11,16H,5-8H2,1-2H3,(H,20,22);1H. The Morgan fingerprint density at radius 1 is 1.29 bits per heavy atom. The summed E-state index contributed by atoms with van der Waals surface area (Å²) in [5.74, 6) is 0.627. The molecule has 4 heterocycles. The molecule has 0 aliphatic carbocycles. The number of hydrogen-bond acceptors (Lipinski definition) is 3. The number of hydrogen-bond donors (Lipinski definition) is 1. The van der Waals surface area contributed by atoms with E-state index in [2.05, 4.69) is 24.1 Å². The molecule has 1 aromatic heterocycles. The summed E-state index contributed by atoms with van der Waals surface area (Å²) in [5, 5.41) is 4.42. The van der Waals surface area contributed by atoms with Gasteiger partial charge in [-0.05, 0) is 69.3 Å². The van der Waals surface area contributed by atoms with Crippen molar-refractivity contribution in [3.05, 3.63) is 34.2 Å². The van der Waals surface area contributed by atoms with Crippen molar-refractivity contribution in [2.75, 3.05) is 13.1 Å². The molecule has 0 saturated carbocycles. The second-order valence-corrected chi connectivity index (χ2v) is 8.95. The molecule has 130 valence electrons. The highest BCUT2D eigenvalue weighted by molar-refractivity contribution is 7.22. The number of thiophene rings is 1. The van der Waals surface area contributed by atoms with Crippen LogP contribution in [0.15, 0.2) is 24.3 Å². The minimum absolute atomic E-state index is 0. The second kappa shape index (κ2) is 6.49. The predicted octanol–water partition coefficient (Wildman–Crippen LogP) is 4.58. The summed E-state index contributed by atoms with van der Waals surface area (Å²) in [6.45, 7) is 6.82. The number of halogens is 2. The fourth-order valence-electron chi connectivity index (χ4n) is 4.24. The zero-order valence-electron chi connectivity index (χ0n) is 13.8. The third kappa shape index (κ3) is 2.94. The zero-order chi connectivity index (χ0) is 16.2. The van der Waals surface area contributed by atoms with E-state index in [-0.39, 0.29) is 29.9 Å². The van der Waals surface area contributed by atoms with Crippen LogP contribution in [-0.4, -0.2) is 35.5 Å². The van der Waals surface area contributed by atoms with Crippen LogP contribution in [0.4, 0.5) is 0 Å². The molecule has 1 N–H and O–H groups in total. The van der Waals surface area contributed by atoms with E-state index in [0.29, 0.717) is 5.92 Å². The summed E-state index contributed by atoms with van der Waals surface area (Å²) in [7, 11) is 0. The Bertz CT molecular complexity index is 765. The van der Waals surface area contributed by atoms with Crippen LogP contribution in [0.25, 0.3) is 10.1 Å². The molecule has 2 bridgehead atoms. The number of piperidine rings is 3. The second-order valence-electron chi connectivity index (χ2n) is 7.23. The van der Waals surface area contributed by atoms with Gasteiger partial charge in [-0.25, -0.2) is 0 Å². The van der Waals surface area contributed by atoms with Crippen molar-refractivity contribution in [2.45, 2.75) is 38.3 Å². The van der Waals surface area contributed by atoms with Crippen LogP contribution in [0.2, 0.25) is 4.34 Å². The summed E-state index contributed by atoms with van der Waals surface area (Å²) >= 11 is 7.58. The number of carbonyl (C=O) groups excluding carboxylic acids is 1. The van der Waals surface area contributed by atoms with Crippen LogP contribution in [0.3, 0.4) is 0 Å². The minimum atomic E-state index is 0. The topological polar surface area (TPSA) is 32.3 Å². The van der Waals surface area contributed by atoms with Crippen molar-refractivity contribution in [2.24, 2.45) is 5.92 Å². The van der Waals surface area contributed by atoms with E-state index in [0.717, 1.165) is 33.1 Å². The van der Waals surface area contributed by atoms with Gasteiger partial charge >= 0.3 is 0 Å². The van der Waals surface area contributed by atoms with Gasteiger partial charge < -0.3 is 5.32 Å². The van der Waals surface area contributed by atoms with Crippen molar-refractivity contribution in [3.63, 3.8) is 0 Å². The normalized spacial score (nSPS) is 27.7. The first kappa shape index (κ1) is 18.0. The average molecular weight is 385 g/mol. The van der Waals surface area contributed by atoms with Gasteiger partial charge in [0.1, 0.15) is 0 Å². The fourth-order valence-corrected chi connectivity index (χ4v) is 5.44. The number of nitrogens with one attached hydrogen (secondary N) is 1. The maximum atomic E-state index is 12.8. The zero-order valence-corrected chi connectivity index (χ0v) is 16.2. The van der Waals surface area contributed by atoms with Crippen LogP contribution in [0.5, 0.6) is 0 Å². The third-order valence-corrected chi connectivity index (χ3v) is 6.85. The molecule has 3 fully saturated rings. The molecule has 3 nitrogen and oxygen atoms in total. The van der Waals surface area contributed by atoms with Crippen LogP contribution in [0, 0.1) is 5.92 Å². The highest BCUT2D eigenvalue weighted by Crippen LogP contribution is 2.39. The lowest BCUT2D eigenvalue weighted by Gasteiger charge is -2.56. The molecule has 3 aliphatic rings. The molecular weight excluding hydrogens is 363 g/mol. The molecule has 0 spiro atoms. The van der Waals surface area contributed by atoms with Gasteiger partial charge in [0.05, 0.1) is 4.34 Å². The first-order chi connectivity index (χ1) is 10.9. The van der Waals surface area contributed by atoms with Crippen molar-refractivity contribution >= 4 is 51.3 Å². The Hall–Kier alpha value is -0.810. The van der Waals surface area contributed by atoms with E-state index in [4.69, 9.17) is 11.6 Å². The van der Waals surface area contributed by atoms with Crippen LogP contribution in [-0.2, 0) is 0 Å². The molecule has 3 aliphatic heterocycles. The van der Waals surface area contributed by atoms with E-state index >= 15 is 0 Å².